The van der Waals surface area contributed by atoms with Crippen LogP contribution in [-0.2, 0) is 4.79 Å². The Morgan fingerprint density at radius 1 is 1.33 bits per heavy atom. The molecule has 2 rings (SSSR count). The zero-order valence-corrected chi connectivity index (χ0v) is 12.4. The molecule has 0 radical (unpaired) electrons. The van der Waals surface area contributed by atoms with Gasteiger partial charge in [-0.05, 0) is 43.6 Å². The van der Waals surface area contributed by atoms with Gasteiger partial charge in [0.25, 0.3) is 0 Å². The normalized spacial score (nSPS) is 31.8. The third-order valence-corrected chi connectivity index (χ3v) is 4.76. The van der Waals surface area contributed by atoms with Gasteiger partial charge in [0.1, 0.15) is 0 Å². The Bertz CT molecular complexity index is 283. The van der Waals surface area contributed by atoms with Crippen molar-refractivity contribution in [3.63, 3.8) is 0 Å². The molecule has 1 saturated carbocycles. The van der Waals surface area contributed by atoms with Crippen LogP contribution in [0.4, 0.5) is 0 Å². The summed E-state index contributed by atoms with van der Waals surface area (Å²) in [6.45, 7) is 7.14. The van der Waals surface area contributed by atoms with Crippen LogP contribution < -0.4 is 5.73 Å². The summed E-state index contributed by atoms with van der Waals surface area (Å²) < 4.78 is 0. The van der Waals surface area contributed by atoms with E-state index in [1.54, 1.807) is 0 Å². The molecule has 0 aromatic heterocycles. The summed E-state index contributed by atoms with van der Waals surface area (Å²) in [5.74, 6) is 2.46. The van der Waals surface area contributed by atoms with E-state index in [4.69, 9.17) is 5.73 Å². The number of halogens is 1. The third-order valence-electron chi connectivity index (χ3n) is 4.76. The van der Waals surface area contributed by atoms with E-state index in [0.717, 1.165) is 25.9 Å². The number of carbonyl (C=O) groups is 1. The van der Waals surface area contributed by atoms with Gasteiger partial charge < -0.3 is 10.6 Å². The van der Waals surface area contributed by atoms with E-state index in [-0.39, 0.29) is 18.3 Å². The van der Waals surface area contributed by atoms with Crippen LogP contribution >= 0.6 is 12.4 Å². The smallest absolute Gasteiger partial charge is 0.226 e. The van der Waals surface area contributed by atoms with Crippen molar-refractivity contribution in [2.24, 2.45) is 29.4 Å². The number of rotatable bonds is 3. The molecule has 3 nitrogen and oxygen atoms in total. The Morgan fingerprint density at radius 2 is 2.06 bits per heavy atom. The first-order valence-electron chi connectivity index (χ1n) is 7.12. The van der Waals surface area contributed by atoms with Crippen molar-refractivity contribution in [2.45, 2.75) is 39.5 Å². The van der Waals surface area contributed by atoms with E-state index in [0.29, 0.717) is 30.2 Å². The van der Waals surface area contributed by atoms with Gasteiger partial charge in [0.05, 0.1) is 0 Å². The number of likely N-dealkylation sites (tertiary alicyclic amines) is 1. The maximum atomic E-state index is 12.5. The second-order valence-corrected chi connectivity index (χ2v) is 6.11. The molecule has 4 heteroatoms. The van der Waals surface area contributed by atoms with Gasteiger partial charge in [-0.3, -0.25) is 4.79 Å². The van der Waals surface area contributed by atoms with Gasteiger partial charge >= 0.3 is 0 Å². The predicted octanol–water partition coefficient (Wildman–Crippen LogP) is 2.29. The Hall–Kier alpha value is -0.280. The standard InChI is InChI=1S/C14H26N2O.ClH/c1-10(2)12-6-7-16(9-12)14(17)13-5-3-4-11(13)8-15;/h10-13H,3-9,15H2,1-2H3;1H/t11-,12?,13-;/m1./s1. The largest absolute Gasteiger partial charge is 0.342 e. The zero-order valence-electron chi connectivity index (χ0n) is 11.6. The van der Waals surface area contributed by atoms with Crippen LogP contribution in [0.25, 0.3) is 0 Å². The first-order valence-corrected chi connectivity index (χ1v) is 7.12. The molecule has 1 amide bonds. The average Bonchev–Trinajstić information content (AvgIpc) is 2.96. The summed E-state index contributed by atoms with van der Waals surface area (Å²) in [4.78, 5) is 14.6. The van der Waals surface area contributed by atoms with E-state index in [1.165, 1.54) is 12.8 Å². The van der Waals surface area contributed by atoms with E-state index in [1.807, 2.05) is 0 Å². The number of nitrogens with zero attached hydrogens (tertiary/aromatic N) is 1. The number of hydrogen-bond donors (Lipinski definition) is 1. The van der Waals surface area contributed by atoms with Crippen LogP contribution in [0.3, 0.4) is 0 Å². The molecular weight excluding hydrogens is 248 g/mol. The van der Waals surface area contributed by atoms with Crippen molar-refractivity contribution in [3.8, 4) is 0 Å². The monoisotopic (exact) mass is 274 g/mol. The fourth-order valence-electron chi connectivity index (χ4n) is 3.41. The summed E-state index contributed by atoms with van der Waals surface area (Å²) in [5, 5.41) is 0. The van der Waals surface area contributed by atoms with E-state index in [9.17, 15) is 4.79 Å². The van der Waals surface area contributed by atoms with Gasteiger partial charge in [0.2, 0.25) is 5.91 Å². The Labute approximate surface area is 117 Å². The predicted molar refractivity (Wildman–Crippen MR) is 76.7 cm³/mol. The quantitative estimate of drug-likeness (QED) is 0.858. The zero-order chi connectivity index (χ0) is 12.4. The minimum Gasteiger partial charge on any atom is -0.342 e. The molecule has 1 aliphatic heterocycles. The fourth-order valence-corrected chi connectivity index (χ4v) is 3.41. The van der Waals surface area contributed by atoms with Crippen molar-refractivity contribution in [3.05, 3.63) is 0 Å². The molecule has 2 fully saturated rings. The molecule has 1 aliphatic carbocycles. The molecule has 0 spiro atoms. The van der Waals surface area contributed by atoms with E-state index < -0.39 is 0 Å². The molecule has 0 aromatic carbocycles. The maximum absolute atomic E-state index is 12.5. The van der Waals surface area contributed by atoms with Crippen molar-refractivity contribution >= 4 is 18.3 Å². The SMILES string of the molecule is CC(C)C1CCN(C(=O)[C@@H]2CCC[C@@H]2CN)C1.Cl. The molecular formula is C14H27ClN2O. The fraction of sp³-hybridized carbons (Fsp3) is 0.929. The lowest BCUT2D eigenvalue weighted by atomic mass is 9.94. The molecule has 106 valence electrons. The van der Waals surface area contributed by atoms with Gasteiger partial charge in [0.15, 0.2) is 0 Å². The second kappa shape index (κ2) is 6.76. The molecule has 1 saturated heterocycles. The van der Waals surface area contributed by atoms with Crippen LogP contribution in [0.2, 0.25) is 0 Å². The Morgan fingerprint density at radius 3 is 2.61 bits per heavy atom. The van der Waals surface area contributed by atoms with Crippen molar-refractivity contribution in [1.82, 2.24) is 4.90 Å². The molecule has 3 atom stereocenters. The lowest BCUT2D eigenvalue weighted by molar-refractivity contribution is -0.135. The lowest BCUT2D eigenvalue weighted by Crippen LogP contribution is -2.38. The van der Waals surface area contributed by atoms with Gasteiger partial charge in [-0.15, -0.1) is 12.4 Å². The highest BCUT2D eigenvalue weighted by molar-refractivity contribution is 5.85. The van der Waals surface area contributed by atoms with Crippen molar-refractivity contribution in [2.75, 3.05) is 19.6 Å². The number of nitrogens with two attached hydrogens (primary N) is 1. The highest BCUT2D eigenvalue weighted by Gasteiger charge is 2.37. The molecule has 0 bridgehead atoms. The second-order valence-electron chi connectivity index (χ2n) is 6.11. The molecule has 18 heavy (non-hydrogen) atoms. The molecule has 0 aromatic rings. The van der Waals surface area contributed by atoms with Gasteiger partial charge in [-0.2, -0.15) is 0 Å². The topological polar surface area (TPSA) is 46.3 Å². The van der Waals surface area contributed by atoms with Crippen LogP contribution in [0.15, 0.2) is 0 Å². The molecule has 1 heterocycles. The average molecular weight is 275 g/mol. The van der Waals surface area contributed by atoms with Crippen LogP contribution in [0, 0.1) is 23.7 Å². The minimum atomic E-state index is 0. The Kier molecular flexibility index (Phi) is 5.93. The van der Waals surface area contributed by atoms with Crippen LogP contribution in [0.1, 0.15) is 39.5 Å². The maximum Gasteiger partial charge on any atom is 0.226 e. The van der Waals surface area contributed by atoms with Gasteiger partial charge in [-0.25, -0.2) is 0 Å². The summed E-state index contributed by atoms with van der Waals surface area (Å²) in [7, 11) is 0. The van der Waals surface area contributed by atoms with E-state index in [2.05, 4.69) is 18.7 Å². The highest BCUT2D eigenvalue weighted by atomic mass is 35.5. The van der Waals surface area contributed by atoms with Crippen molar-refractivity contribution < 1.29 is 4.79 Å². The van der Waals surface area contributed by atoms with Gasteiger partial charge in [-0.1, -0.05) is 20.3 Å². The number of hydrogen-bond acceptors (Lipinski definition) is 2. The summed E-state index contributed by atoms with van der Waals surface area (Å²) in [6.07, 6.45) is 4.57. The lowest BCUT2D eigenvalue weighted by Gasteiger charge is -2.24. The molecule has 2 N–H and O–H groups in total. The van der Waals surface area contributed by atoms with E-state index >= 15 is 0 Å². The van der Waals surface area contributed by atoms with Crippen LogP contribution in [0.5, 0.6) is 0 Å². The Balaban J connectivity index is 0.00000162. The first kappa shape index (κ1) is 15.8. The summed E-state index contributed by atoms with van der Waals surface area (Å²) in [6, 6.07) is 0. The summed E-state index contributed by atoms with van der Waals surface area (Å²) in [5.41, 5.74) is 5.77. The van der Waals surface area contributed by atoms with Crippen molar-refractivity contribution in [1.29, 1.82) is 0 Å². The third kappa shape index (κ3) is 3.18. The van der Waals surface area contributed by atoms with Crippen LogP contribution in [-0.4, -0.2) is 30.4 Å². The summed E-state index contributed by atoms with van der Waals surface area (Å²) >= 11 is 0. The first-order chi connectivity index (χ1) is 8.13. The minimum absolute atomic E-state index is 0. The van der Waals surface area contributed by atoms with Gasteiger partial charge in [0, 0.05) is 19.0 Å². The molecule has 2 aliphatic rings. The number of amides is 1. The number of carbonyl (C=O) groups excluding carboxylic acids is 1. The highest BCUT2D eigenvalue weighted by Crippen LogP contribution is 2.34. The molecule has 1 unspecified atom stereocenters.